The topological polar surface area (TPSA) is 40.5 Å². The Bertz CT molecular complexity index is 457. The fourth-order valence-corrected chi connectivity index (χ4v) is 1.81. The molecule has 0 unspecified atom stereocenters. The molecule has 0 fully saturated rings. The quantitative estimate of drug-likeness (QED) is 0.605. The van der Waals surface area contributed by atoms with E-state index in [-0.39, 0.29) is 5.82 Å². The van der Waals surface area contributed by atoms with Crippen LogP contribution in [0.4, 0.5) is 10.1 Å². The Morgan fingerprint density at radius 2 is 2.11 bits per heavy atom. The number of hydrogen-bond acceptors (Lipinski definition) is 2. The first-order valence-electron chi connectivity index (χ1n) is 6.45. The minimum atomic E-state index is -1.04. The summed E-state index contributed by atoms with van der Waals surface area (Å²) in [6, 6.07) is 4.57. The number of hydrogen-bond donors (Lipinski definition) is 1. The number of carboxylic acids is 1. The van der Waals surface area contributed by atoms with Crippen LogP contribution in [0.3, 0.4) is 0 Å². The second-order valence-corrected chi connectivity index (χ2v) is 4.54. The highest BCUT2D eigenvalue weighted by Gasteiger charge is 2.04. The van der Waals surface area contributed by atoms with E-state index in [2.05, 4.69) is 6.92 Å². The van der Waals surface area contributed by atoms with Gasteiger partial charge in [0.05, 0.1) is 0 Å². The van der Waals surface area contributed by atoms with Gasteiger partial charge in [-0.05, 0) is 36.3 Å². The maximum Gasteiger partial charge on any atom is 0.328 e. The van der Waals surface area contributed by atoms with E-state index in [1.165, 1.54) is 18.2 Å². The van der Waals surface area contributed by atoms with Crippen molar-refractivity contribution >= 4 is 17.7 Å². The van der Waals surface area contributed by atoms with Gasteiger partial charge in [0.25, 0.3) is 0 Å². The van der Waals surface area contributed by atoms with E-state index < -0.39 is 5.97 Å². The van der Waals surface area contributed by atoms with Gasteiger partial charge in [-0.3, -0.25) is 0 Å². The lowest BCUT2D eigenvalue weighted by molar-refractivity contribution is -0.131. The molecule has 1 aromatic carbocycles. The zero-order chi connectivity index (χ0) is 14.3. The summed E-state index contributed by atoms with van der Waals surface area (Å²) < 4.78 is 13.5. The van der Waals surface area contributed by atoms with Crippen molar-refractivity contribution in [3.05, 3.63) is 35.7 Å². The zero-order valence-electron chi connectivity index (χ0n) is 11.4. The number of carboxylic acid groups (broad SMARTS) is 1. The molecule has 0 aliphatic carbocycles. The van der Waals surface area contributed by atoms with Crippen molar-refractivity contribution < 1.29 is 14.3 Å². The summed E-state index contributed by atoms with van der Waals surface area (Å²) in [4.78, 5) is 12.4. The highest BCUT2D eigenvalue weighted by atomic mass is 19.1. The second kappa shape index (κ2) is 7.56. The Balaban J connectivity index is 2.80. The number of halogens is 1. The molecule has 0 atom stereocenters. The molecule has 1 aromatic rings. The van der Waals surface area contributed by atoms with Gasteiger partial charge in [0.2, 0.25) is 0 Å². The monoisotopic (exact) mass is 265 g/mol. The second-order valence-electron chi connectivity index (χ2n) is 4.54. The number of rotatable bonds is 7. The van der Waals surface area contributed by atoms with E-state index in [1.807, 2.05) is 11.9 Å². The van der Waals surface area contributed by atoms with Gasteiger partial charge in [0.15, 0.2) is 0 Å². The number of carbonyl (C=O) groups is 1. The summed E-state index contributed by atoms with van der Waals surface area (Å²) >= 11 is 0. The van der Waals surface area contributed by atoms with E-state index >= 15 is 0 Å². The van der Waals surface area contributed by atoms with Crippen molar-refractivity contribution in [1.82, 2.24) is 0 Å². The van der Waals surface area contributed by atoms with Crippen LogP contribution in [0, 0.1) is 5.82 Å². The Kier molecular flexibility index (Phi) is 6.06. The third kappa shape index (κ3) is 5.55. The summed E-state index contributed by atoms with van der Waals surface area (Å²) in [7, 11) is 1.91. The molecular formula is C15H20FNO2. The molecule has 19 heavy (non-hydrogen) atoms. The Hall–Kier alpha value is -1.84. The first-order chi connectivity index (χ1) is 9.02. The fraction of sp³-hybridized carbons (Fsp3) is 0.400. The molecule has 0 aliphatic heterocycles. The summed E-state index contributed by atoms with van der Waals surface area (Å²) in [6.07, 6.45) is 5.75. The van der Waals surface area contributed by atoms with Crippen molar-refractivity contribution in [2.75, 3.05) is 18.5 Å². The minimum absolute atomic E-state index is 0.357. The summed E-state index contributed by atoms with van der Waals surface area (Å²) in [5.41, 5.74) is 1.32. The summed E-state index contributed by atoms with van der Waals surface area (Å²) in [6.45, 7) is 3.00. The maximum absolute atomic E-state index is 13.5. The molecule has 0 radical (unpaired) electrons. The van der Waals surface area contributed by atoms with E-state index in [9.17, 15) is 9.18 Å². The van der Waals surface area contributed by atoms with Crippen LogP contribution in [0.25, 0.3) is 6.08 Å². The molecule has 1 N–H and O–H groups in total. The van der Waals surface area contributed by atoms with Gasteiger partial charge in [0, 0.05) is 25.4 Å². The number of aliphatic carboxylic acids is 1. The molecule has 0 amide bonds. The Morgan fingerprint density at radius 1 is 1.37 bits per heavy atom. The molecule has 1 rings (SSSR count). The summed E-state index contributed by atoms with van der Waals surface area (Å²) in [5, 5.41) is 8.57. The number of benzene rings is 1. The van der Waals surface area contributed by atoms with Crippen molar-refractivity contribution in [2.24, 2.45) is 0 Å². The van der Waals surface area contributed by atoms with Gasteiger partial charge >= 0.3 is 5.97 Å². The van der Waals surface area contributed by atoms with Gasteiger partial charge in [-0.15, -0.1) is 0 Å². The van der Waals surface area contributed by atoms with E-state index in [0.717, 1.165) is 37.6 Å². The lowest BCUT2D eigenvalue weighted by Crippen LogP contribution is -2.18. The third-order valence-corrected chi connectivity index (χ3v) is 2.86. The Labute approximate surface area is 113 Å². The fourth-order valence-electron chi connectivity index (χ4n) is 1.81. The average molecular weight is 265 g/mol. The standard InChI is InChI=1S/C15H20FNO2/c1-3-4-5-8-17(2)14-10-12(6-7-15(18)19)9-13(16)11-14/h6-7,9-11H,3-5,8H2,1-2H3,(H,18,19)/b7-6+. The molecule has 0 saturated heterocycles. The van der Waals surface area contributed by atoms with Crippen molar-refractivity contribution in [3.8, 4) is 0 Å². The molecule has 104 valence electrons. The highest BCUT2D eigenvalue weighted by molar-refractivity contribution is 5.85. The van der Waals surface area contributed by atoms with Crippen LogP contribution >= 0.6 is 0 Å². The number of nitrogens with zero attached hydrogens (tertiary/aromatic N) is 1. The molecule has 0 heterocycles. The molecule has 4 heteroatoms. The molecule has 0 aliphatic rings. The number of unbranched alkanes of at least 4 members (excludes halogenated alkanes) is 2. The third-order valence-electron chi connectivity index (χ3n) is 2.86. The van der Waals surface area contributed by atoms with Gasteiger partial charge in [-0.1, -0.05) is 19.8 Å². The van der Waals surface area contributed by atoms with E-state index in [1.54, 1.807) is 6.07 Å². The first kappa shape index (κ1) is 15.2. The van der Waals surface area contributed by atoms with Gasteiger partial charge < -0.3 is 10.0 Å². The predicted octanol–water partition coefficient (Wildman–Crippen LogP) is 3.55. The van der Waals surface area contributed by atoms with Crippen LogP contribution < -0.4 is 4.90 Å². The molecule has 3 nitrogen and oxygen atoms in total. The molecule has 0 saturated carbocycles. The van der Waals surface area contributed by atoms with Crippen LogP contribution in [0.5, 0.6) is 0 Å². The predicted molar refractivity (Wildman–Crippen MR) is 75.9 cm³/mol. The van der Waals surface area contributed by atoms with Crippen molar-refractivity contribution in [1.29, 1.82) is 0 Å². The van der Waals surface area contributed by atoms with Crippen LogP contribution in [-0.2, 0) is 4.79 Å². The molecule has 0 spiro atoms. The largest absolute Gasteiger partial charge is 0.478 e. The SMILES string of the molecule is CCCCCN(C)c1cc(F)cc(/C=C/C(=O)O)c1. The van der Waals surface area contributed by atoms with Crippen LogP contribution in [0.1, 0.15) is 31.7 Å². The van der Waals surface area contributed by atoms with Crippen LogP contribution in [0.2, 0.25) is 0 Å². The van der Waals surface area contributed by atoms with Gasteiger partial charge in [-0.25, -0.2) is 9.18 Å². The van der Waals surface area contributed by atoms with Crippen LogP contribution in [-0.4, -0.2) is 24.7 Å². The molecular weight excluding hydrogens is 245 g/mol. The lowest BCUT2D eigenvalue weighted by atomic mass is 10.1. The molecule has 0 bridgehead atoms. The van der Waals surface area contributed by atoms with Crippen molar-refractivity contribution in [3.63, 3.8) is 0 Å². The summed E-state index contributed by atoms with van der Waals surface area (Å²) in [5.74, 6) is -1.40. The smallest absolute Gasteiger partial charge is 0.328 e. The van der Waals surface area contributed by atoms with Crippen molar-refractivity contribution in [2.45, 2.75) is 26.2 Å². The maximum atomic E-state index is 13.5. The lowest BCUT2D eigenvalue weighted by Gasteiger charge is -2.19. The first-order valence-corrected chi connectivity index (χ1v) is 6.45. The van der Waals surface area contributed by atoms with Gasteiger partial charge in [-0.2, -0.15) is 0 Å². The average Bonchev–Trinajstić information content (AvgIpc) is 2.36. The van der Waals surface area contributed by atoms with E-state index in [0.29, 0.717) is 5.56 Å². The van der Waals surface area contributed by atoms with Gasteiger partial charge in [0.1, 0.15) is 5.82 Å². The number of anilines is 1. The van der Waals surface area contributed by atoms with Crippen LogP contribution in [0.15, 0.2) is 24.3 Å². The zero-order valence-corrected chi connectivity index (χ0v) is 11.4. The van der Waals surface area contributed by atoms with E-state index in [4.69, 9.17) is 5.11 Å². The highest BCUT2D eigenvalue weighted by Crippen LogP contribution is 2.19. The Morgan fingerprint density at radius 3 is 2.74 bits per heavy atom. The normalized spacial score (nSPS) is 10.9. The molecule has 0 aromatic heterocycles. The minimum Gasteiger partial charge on any atom is -0.478 e.